The number of carbonyl (C=O) groups is 1. The molecular formula is C13H11BrClNO2S. The molecule has 1 N–H and O–H groups in total. The molecule has 19 heavy (non-hydrogen) atoms. The van der Waals surface area contributed by atoms with Crippen LogP contribution >= 0.6 is 38.9 Å². The second-order valence-electron chi connectivity index (χ2n) is 3.76. The number of nitrogens with one attached hydrogen (secondary N) is 1. The number of amides is 1. The van der Waals surface area contributed by atoms with E-state index in [1.54, 1.807) is 29.5 Å². The monoisotopic (exact) mass is 359 g/mol. The van der Waals surface area contributed by atoms with Crippen molar-refractivity contribution in [1.82, 2.24) is 5.32 Å². The Morgan fingerprint density at radius 2 is 2.26 bits per heavy atom. The number of methoxy groups -OCH3 is 1. The van der Waals surface area contributed by atoms with Crippen LogP contribution in [0.25, 0.3) is 0 Å². The lowest BCUT2D eigenvalue weighted by Crippen LogP contribution is -2.22. The first-order valence-corrected chi connectivity index (χ1v) is 7.50. The molecule has 0 unspecified atom stereocenters. The Morgan fingerprint density at radius 1 is 1.47 bits per heavy atom. The van der Waals surface area contributed by atoms with Crippen LogP contribution in [0.5, 0.6) is 5.75 Å². The normalized spacial score (nSPS) is 10.3. The predicted molar refractivity (Wildman–Crippen MR) is 81.2 cm³/mol. The molecule has 0 saturated carbocycles. The molecule has 0 spiro atoms. The van der Waals surface area contributed by atoms with Crippen LogP contribution in [0.4, 0.5) is 0 Å². The van der Waals surface area contributed by atoms with Crippen LogP contribution in [-0.4, -0.2) is 13.0 Å². The molecule has 1 aromatic carbocycles. The van der Waals surface area contributed by atoms with Crippen molar-refractivity contribution >= 4 is 44.8 Å². The average Bonchev–Trinajstić information content (AvgIpc) is 2.81. The Labute approximate surface area is 128 Å². The first-order chi connectivity index (χ1) is 9.10. The minimum Gasteiger partial charge on any atom is -0.496 e. The topological polar surface area (TPSA) is 38.3 Å². The lowest BCUT2D eigenvalue weighted by atomic mass is 10.2. The van der Waals surface area contributed by atoms with E-state index in [2.05, 4.69) is 21.2 Å². The van der Waals surface area contributed by atoms with Gasteiger partial charge >= 0.3 is 0 Å². The highest BCUT2D eigenvalue weighted by atomic mass is 79.9. The van der Waals surface area contributed by atoms with E-state index in [4.69, 9.17) is 16.3 Å². The number of ether oxygens (including phenoxy) is 1. The first-order valence-electron chi connectivity index (χ1n) is 5.45. The number of benzene rings is 1. The Hall–Kier alpha value is -1.04. The third-order valence-corrected chi connectivity index (χ3v) is 4.39. The van der Waals surface area contributed by atoms with E-state index < -0.39 is 0 Å². The molecule has 6 heteroatoms. The highest BCUT2D eigenvalue weighted by Gasteiger charge is 2.12. The van der Waals surface area contributed by atoms with Gasteiger partial charge < -0.3 is 10.1 Å². The Morgan fingerprint density at radius 3 is 2.89 bits per heavy atom. The van der Waals surface area contributed by atoms with Gasteiger partial charge in [-0.15, -0.1) is 11.3 Å². The van der Waals surface area contributed by atoms with Crippen LogP contribution in [0.2, 0.25) is 5.02 Å². The van der Waals surface area contributed by atoms with E-state index in [0.29, 0.717) is 22.9 Å². The molecule has 1 amide bonds. The fourth-order valence-corrected chi connectivity index (χ4v) is 3.11. The fraction of sp³-hybridized carbons (Fsp3) is 0.154. The SMILES string of the molecule is COc1cc(Cl)ccc1C(=O)NCc1cc(Br)cs1. The molecule has 0 atom stereocenters. The average molecular weight is 361 g/mol. The molecule has 1 heterocycles. The van der Waals surface area contributed by atoms with Gasteiger partial charge in [0, 0.05) is 19.8 Å². The van der Waals surface area contributed by atoms with Gasteiger partial charge in [-0.05, 0) is 40.2 Å². The molecule has 0 saturated heterocycles. The summed E-state index contributed by atoms with van der Waals surface area (Å²) in [6.07, 6.45) is 0. The molecule has 3 nitrogen and oxygen atoms in total. The summed E-state index contributed by atoms with van der Waals surface area (Å²) in [4.78, 5) is 13.2. The Bertz CT molecular complexity index is 600. The van der Waals surface area contributed by atoms with Crippen LogP contribution in [0.1, 0.15) is 15.2 Å². The molecule has 2 aromatic rings. The van der Waals surface area contributed by atoms with Crippen molar-refractivity contribution in [3.05, 3.63) is 49.6 Å². The molecule has 0 aliphatic rings. The maximum atomic E-state index is 12.1. The summed E-state index contributed by atoms with van der Waals surface area (Å²) < 4.78 is 6.17. The van der Waals surface area contributed by atoms with Crippen molar-refractivity contribution in [3.8, 4) is 5.75 Å². The zero-order valence-electron chi connectivity index (χ0n) is 10.1. The molecule has 0 aliphatic heterocycles. The maximum absolute atomic E-state index is 12.1. The van der Waals surface area contributed by atoms with Gasteiger partial charge in [0.2, 0.25) is 0 Å². The minimum absolute atomic E-state index is 0.182. The molecule has 100 valence electrons. The van der Waals surface area contributed by atoms with Crippen LogP contribution in [-0.2, 0) is 6.54 Å². The number of halogens is 2. The first kappa shape index (κ1) is 14.4. The van der Waals surface area contributed by atoms with Crippen molar-refractivity contribution in [2.24, 2.45) is 0 Å². The fourth-order valence-electron chi connectivity index (χ4n) is 1.56. The standard InChI is InChI=1S/C13H11BrClNO2S/c1-18-12-5-9(15)2-3-11(12)13(17)16-6-10-4-8(14)7-19-10/h2-5,7H,6H2,1H3,(H,16,17). The molecule has 0 fully saturated rings. The van der Waals surface area contributed by atoms with Gasteiger partial charge in [0.25, 0.3) is 5.91 Å². The van der Waals surface area contributed by atoms with Gasteiger partial charge in [-0.3, -0.25) is 4.79 Å². The smallest absolute Gasteiger partial charge is 0.255 e. The second kappa shape index (κ2) is 6.41. The summed E-state index contributed by atoms with van der Waals surface area (Å²) in [6.45, 7) is 0.487. The lowest BCUT2D eigenvalue weighted by molar-refractivity contribution is 0.0948. The summed E-state index contributed by atoms with van der Waals surface area (Å²) in [5.74, 6) is 0.287. The molecular weight excluding hydrogens is 350 g/mol. The predicted octanol–water partition coefficient (Wildman–Crippen LogP) is 4.10. The van der Waals surface area contributed by atoms with Crippen LogP contribution in [0.3, 0.4) is 0 Å². The van der Waals surface area contributed by atoms with Crippen LogP contribution in [0, 0.1) is 0 Å². The molecule has 1 aromatic heterocycles. The van der Waals surface area contributed by atoms with Crippen molar-refractivity contribution < 1.29 is 9.53 Å². The van der Waals surface area contributed by atoms with E-state index in [9.17, 15) is 4.79 Å². The summed E-state index contributed by atoms with van der Waals surface area (Å²) in [5.41, 5.74) is 0.475. The van der Waals surface area contributed by atoms with Crippen LogP contribution < -0.4 is 10.1 Å². The number of hydrogen-bond acceptors (Lipinski definition) is 3. The Balaban J connectivity index is 2.07. The van der Waals surface area contributed by atoms with Crippen molar-refractivity contribution in [2.75, 3.05) is 7.11 Å². The van der Waals surface area contributed by atoms with Gasteiger partial charge in [0.05, 0.1) is 19.2 Å². The zero-order chi connectivity index (χ0) is 13.8. The van der Waals surface area contributed by atoms with Gasteiger partial charge in [-0.1, -0.05) is 11.6 Å². The van der Waals surface area contributed by atoms with Crippen molar-refractivity contribution in [2.45, 2.75) is 6.54 Å². The van der Waals surface area contributed by atoms with Gasteiger partial charge in [0.15, 0.2) is 0 Å². The van der Waals surface area contributed by atoms with E-state index in [1.807, 2.05) is 11.4 Å². The maximum Gasteiger partial charge on any atom is 0.255 e. The molecule has 2 rings (SSSR count). The highest BCUT2D eigenvalue weighted by Crippen LogP contribution is 2.23. The number of hydrogen-bond donors (Lipinski definition) is 1. The van der Waals surface area contributed by atoms with Crippen LogP contribution in [0.15, 0.2) is 34.1 Å². The third kappa shape index (κ3) is 3.72. The second-order valence-corrected chi connectivity index (χ2v) is 6.11. The van der Waals surface area contributed by atoms with Gasteiger partial charge in [-0.25, -0.2) is 0 Å². The third-order valence-electron chi connectivity index (χ3n) is 2.45. The summed E-state index contributed by atoms with van der Waals surface area (Å²) in [6, 6.07) is 6.92. The van der Waals surface area contributed by atoms with Crippen molar-refractivity contribution in [1.29, 1.82) is 0 Å². The number of rotatable bonds is 4. The zero-order valence-corrected chi connectivity index (χ0v) is 13.2. The molecule has 0 bridgehead atoms. The van der Waals surface area contributed by atoms with E-state index in [0.717, 1.165) is 9.35 Å². The molecule has 0 radical (unpaired) electrons. The number of carbonyl (C=O) groups excluding carboxylic acids is 1. The summed E-state index contributed by atoms with van der Waals surface area (Å²) >= 11 is 10.8. The van der Waals surface area contributed by atoms with E-state index in [-0.39, 0.29) is 5.91 Å². The van der Waals surface area contributed by atoms with Gasteiger partial charge in [-0.2, -0.15) is 0 Å². The quantitative estimate of drug-likeness (QED) is 0.891. The summed E-state index contributed by atoms with van der Waals surface area (Å²) in [5, 5.41) is 5.36. The van der Waals surface area contributed by atoms with Crippen molar-refractivity contribution in [3.63, 3.8) is 0 Å². The largest absolute Gasteiger partial charge is 0.496 e. The lowest BCUT2D eigenvalue weighted by Gasteiger charge is -2.09. The van der Waals surface area contributed by atoms with E-state index in [1.165, 1.54) is 7.11 Å². The van der Waals surface area contributed by atoms with E-state index >= 15 is 0 Å². The highest BCUT2D eigenvalue weighted by molar-refractivity contribution is 9.10. The molecule has 0 aliphatic carbocycles. The number of thiophene rings is 1. The Kier molecular flexibility index (Phi) is 4.85. The van der Waals surface area contributed by atoms with Gasteiger partial charge in [0.1, 0.15) is 5.75 Å². The summed E-state index contributed by atoms with van der Waals surface area (Å²) in [7, 11) is 1.51. The minimum atomic E-state index is -0.182.